The summed E-state index contributed by atoms with van der Waals surface area (Å²) in [5.74, 6) is 0.661. The number of hydrogen-bond donors (Lipinski definition) is 0. The first-order chi connectivity index (χ1) is 17.5. The van der Waals surface area contributed by atoms with E-state index >= 15 is 0 Å². The number of aromatic nitrogens is 2. The van der Waals surface area contributed by atoms with Gasteiger partial charge in [-0.3, -0.25) is 14.2 Å². The number of amides is 1. The van der Waals surface area contributed by atoms with E-state index in [0.717, 1.165) is 25.7 Å². The number of hydrogen-bond acceptors (Lipinski definition) is 3. The number of carbonyl (C=O) groups is 1. The monoisotopic (exact) mass is 509 g/mol. The average Bonchev–Trinajstić information content (AvgIpc) is 2.89. The van der Waals surface area contributed by atoms with Crippen molar-refractivity contribution in [2.24, 2.45) is 0 Å². The molecule has 1 unspecified atom stereocenters. The van der Waals surface area contributed by atoms with Crippen LogP contribution in [0.1, 0.15) is 96.8 Å². The van der Waals surface area contributed by atoms with Crippen LogP contribution in [0.3, 0.4) is 0 Å². The molecule has 3 rings (SSSR count). The van der Waals surface area contributed by atoms with Crippen molar-refractivity contribution in [2.75, 3.05) is 6.54 Å². The lowest BCUT2D eigenvalue weighted by atomic mass is 10.1. The van der Waals surface area contributed by atoms with E-state index in [4.69, 9.17) is 16.6 Å². The molecule has 0 aliphatic heterocycles. The predicted molar refractivity (Wildman–Crippen MR) is 150 cm³/mol. The third-order valence-electron chi connectivity index (χ3n) is 6.80. The van der Waals surface area contributed by atoms with E-state index in [1.165, 1.54) is 32.1 Å². The van der Waals surface area contributed by atoms with Gasteiger partial charge in [-0.05, 0) is 44.0 Å². The van der Waals surface area contributed by atoms with Gasteiger partial charge in [-0.15, -0.1) is 0 Å². The molecule has 0 bridgehead atoms. The van der Waals surface area contributed by atoms with Crippen LogP contribution in [0.15, 0.2) is 53.3 Å². The van der Waals surface area contributed by atoms with Gasteiger partial charge < -0.3 is 4.90 Å². The summed E-state index contributed by atoms with van der Waals surface area (Å²) in [4.78, 5) is 34.0. The number of rotatable bonds is 14. The molecule has 0 spiro atoms. The Hall–Kier alpha value is -2.66. The van der Waals surface area contributed by atoms with Crippen molar-refractivity contribution in [1.82, 2.24) is 14.5 Å². The maximum Gasteiger partial charge on any atom is 0.266 e. The van der Waals surface area contributed by atoms with Crippen molar-refractivity contribution in [1.29, 1.82) is 0 Å². The number of carbonyl (C=O) groups excluding carboxylic acids is 1. The summed E-state index contributed by atoms with van der Waals surface area (Å²) in [5.41, 5.74) is 1.03. The molecule has 0 aliphatic carbocycles. The molecule has 0 radical (unpaired) electrons. The fourth-order valence-corrected chi connectivity index (χ4v) is 4.90. The van der Waals surface area contributed by atoms with Gasteiger partial charge in [0.25, 0.3) is 5.56 Å². The molecule has 0 fully saturated rings. The smallest absolute Gasteiger partial charge is 0.266 e. The summed E-state index contributed by atoms with van der Waals surface area (Å²) < 4.78 is 1.59. The maximum absolute atomic E-state index is 13.7. The Balaban J connectivity index is 1.93. The number of para-hydroxylation sites is 2. The van der Waals surface area contributed by atoms with E-state index in [-0.39, 0.29) is 17.5 Å². The molecule has 0 saturated heterocycles. The second kappa shape index (κ2) is 14.2. The Kier molecular flexibility index (Phi) is 11.0. The molecule has 2 aromatic carbocycles. The van der Waals surface area contributed by atoms with Gasteiger partial charge in [-0.1, -0.05) is 94.7 Å². The Morgan fingerprint density at radius 1 is 0.917 bits per heavy atom. The zero-order valence-electron chi connectivity index (χ0n) is 22.0. The second-order valence-corrected chi connectivity index (χ2v) is 9.97. The van der Waals surface area contributed by atoms with Gasteiger partial charge in [-0.25, -0.2) is 4.98 Å². The van der Waals surface area contributed by atoms with E-state index in [0.29, 0.717) is 40.4 Å². The summed E-state index contributed by atoms with van der Waals surface area (Å²) in [6.45, 7) is 6.96. The largest absolute Gasteiger partial charge is 0.333 e. The first kappa shape index (κ1) is 27.9. The van der Waals surface area contributed by atoms with Crippen molar-refractivity contribution < 1.29 is 4.79 Å². The van der Waals surface area contributed by atoms with E-state index in [2.05, 4.69) is 13.8 Å². The Morgan fingerprint density at radius 2 is 1.56 bits per heavy atom. The fraction of sp³-hybridized carbons (Fsp3) is 0.500. The third kappa shape index (κ3) is 6.97. The first-order valence-electron chi connectivity index (χ1n) is 13.6. The van der Waals surface area contributed by atoms with Crippen LogP contribution >= 0.6 is 11.6 Å². The van der Waals surface area contributed by atoms with Crippen LogP contribution in [0, 0.1) is 0 Å². The van der Waals surface area contributed by atoms with Crippen molar-refractivity contribution in [3.05, 3.63) is 69.7 Å². The highest BCUT2D eigenvalue weighted by Crippen LogP contribution is 2.27. The lowest BCUT2D eigenvalue weighted by Gasteiger charge is -2.31. The van der Waals surface area contributed by atoms with Crippen molar-refractivity contribution in [3.8, 4) is 5.69 Å². The number of nitrogens with zero attached hydrogens (tertiary/aromatic N) is 3. The van der Waals surface area contributed by atoms with E-state index in [9.17, 15) is 9.59 Å². The zero-order chi connectivity index (χ0) is 25.9. The summed E-state index contributed by atoms with van der Waals surface area (Å²) in [7, 11) is 0. The molecule has 0 aliphatic rings. The Labute approximate surface area is 220 Å². The van der Waals surface area contributed by atoms with Gasteiger partial charge in [0, 0.05) is 13.0 Å². The quantitative estimate of drug-likeness (QED) is 0.208. The van der Waals surface area contributed by atoms with Crippen LogP contribution in [-0.4, -0.2) is 26.9 Å². The molecule has 1 amide bonds. The lowest BCUT2D eigenvalue weighted by molar-refractivity contribution is -0.133. The fourth-order valence-electron chi connectivity index (χ4n) is 4.68. The normalized spacial score (nSPS) is 12.1. The molecule has 0 saturated carbocycles. The lowest BCUT2D eigenvalue weighted by Crippen LogP contribution is -2.38. The van der Waals surface area contributed by atoms with Crippen LogP contribution in [-0.2, 0) is 4.79 Å². The van der Waals surface area contributed by atoms with Gasteiger partial charge >= 0.3 is 0 Å². The standard InChI is InChI=1S/C30H40ClN3O2/c1-4-6-8-9-10-11-12-21-28(35)33(22-7-5-2)23(3)29-32-26-19-15-13-17-24(26)30(36)34(29)27-20-16-14-18-25(27)31/h13-20,23H,4-12,21-22H2,1-3H3. The number of halogens is 1. The van der Waals surface area contributed by atoms with Crippen molar-refractivity contribution in [3.63, 3.8) is 0 Å². The molecular formula is C30H40ClN3O2. The molecule has 1 aromatic heterocycles. The first-order valence-corrected chi connectivity index (χ1v) is 13.9. The summed E-state index contributed by atoms with van der Waals surface area (Å²) in [6, 6.07) is 14.3. The highest BCUT2D eigenvalue weighted by atomic mass is 35.5. The Morgan fingerprint density at radius 3 is 2.28 bits per heavy atom. The molecule has 1 heterocycles. The number of benzene rings is 2. The van der Waals surface area contributed by atoms with E-state index in [1.807, 2.05) is 48.2 Å². The minimum atomic E-state index is -0.373. The van der Waals surface area contributed by atoms with Crippen LogP contribution in [0.25, 0.3) is 16.6 Å². The van der Waals surface area contributed by atoms with E-state index in [1.54, 1.807) is 16.7 Å². The molecule has 6 heteroatoms. The summed E-state index contributed by atoms with van der Waals surface area (Å²) in [6.07, 6.45) is 10.6. The van der Waals surface area contributed by atoms with Gasteiger partial charge in [-0.2, -0.15) is 0 Å². The molecule has 36 heavy (non-hydrogen) atoms. The molecule has 0 N–H and O–H groups in total. The number of unbranched alkanes of at least 4 members (excludes halogenated alkanes) is 7. The summed E-state index contributed by atoms with van der Waals surface area (Å²) >= 11 is 6.55. The van der Waals surface area contributed by atoms with Gasteiger partial charge in [0.1, 0.15) is 5.82 Å². The highest BCUT2D eigenvalue weighted by Gasteiger charge is 2.26. The second-order valence-electron chi connectivity index (χ2n) is 9.57. The molecular weight excluding hydrogens is 470 g/mol. The minimum absolute atomic E-state index is 0.123. The SMILES string of the molecule is CCCCCCCCCC(=O)N(CCCC)C(C)c1nc2ccccc2c(=O)n1-c1ccccc1Cl. The topological polar surface area (TPSA) is 55.2 Å². The van der Waals surface area contributed by atoms with Gasteiger partial charge in [0.15, 0.2) is 0 Å². The average molecular weight is 510 g/mol. The van der Waals surface area contributed by atoms with Crippen molar-refractivity contribution in [2.45, 2.75) is 91.0 Å². The zero-order valence-corrected chi connectivity index (χ0v) is 22.8. The highest BCUT2D eigenvalue weighted by molar-refractivity contribution is 6.32. The van der Waals surface area contributed by atoms with E-state index < -0.39 is 0 Å². The predicted octanol–water partition coefficient (Wildman–Crippen LogP) is 7.87. The number of fused-ring (bicyclic) bond motifs is 1. The third-order valence-corrected chi connectivity index (χ3v) is 7.12. The Bertz CT molecular complexity index is 1190. The van der Waals surface area contributed by atoms with Crippen molar-refractivity contribution >= 4 is 28.4 Å². The summed E-state index contributed by atoms with van der Waals surface area (Å²) in [5, 5.41) is 1.00. The molecule has 194 valence electrons. The van der Waals surface area contributed by atoms with Crippen LogP contribution < -0.4 is 5.56 Å². The van der Waals surface area contributed by atoms with Gasteiger partial charge in [0.2, 0.25) is 5.91 Å². The van der Waals surface area contributed by atoms with Crippen LogP contribution in [0.5, 0.6) is 0 Å². The molecule has 1 atom stereocenters. The van der Waals surface area contributed by atoms with Crippen LogP contribution in [0.4, 0.5) is 0 Å². The molecule has 3 aromatic rings. The minimum Gasteiger partial charge on any atom is -0.333 e. The van der Waals surface area contributed by atoms with Crippen LogP contribution in [0.2, 0.25) is 5.02 Å². The van der Waals surface area contributed by atoms with Gasteiger partial charge in [0.05, 0.1) is 27.7 Å². The molecule has 5 nitrogen and oxygen atoms in total. The maximum atomic E-state index is 13.7.